The maximum atomic E-state index is 5.42. The van der Waals surface area contributed by atoms with Crippen molar-refractivity contribution in [2.75, 3.05) is 32.8 Å². The highest BCUT2D eigenvalue weighted by Gasteiger charge is 2.13. The third kappa shape index (κ3) is 4.06. The van der Waals surface area contributed by atoms with Gasteiger partial charge in [0.2, 0.25) is 0 Å². The highest BCUT2D eigenvalue weighted by molar-refractivity contribution is 7.07. The predicted octanol–water partition coefficient (Wildman–Crippen LogP) is 1.40. The van der Waals surface area contributed by atoms with Crippen LogP contribution in [0.4, 0.5) is 5.69 Å². The van der Waals surface area contributed by atoms with E-state index >= 15 is 0 Å². The van der Waals surface area contributed by atoms with Crippen LogP contribution in [0.25, 0.3) is 0 Å². The molecule has 0 aliphatic carbocycles. The molecule has 3 rings (SSSR count). The SMILES string of the molecule is Cc1csc(=Nc2ccccc2)n1CCC[NH+]1CCOCC1. The van der Waals surface area contributed by atoms with Crippen LogP contribution in [0.3, 0.4) is 0 Å². The number of benzene rings is 1. The summed E-state index contributed by atoms with van der Waals surface area (Å²) in [6.07, 6.45) is 1.19. The zero-order chi connectivity index (χ0) is 15.2. The molecule has 1 N–H and O–H groups in total. The average molecular weight is 318 g/mol. The van der Waals surface area contributed by atoms with Gasteiger partial charge >= 0.3 is 0 Å². The van der Waals surface area contributed by atoms with Crippen LogP contribution in [0.5, 0.6) is 0 Å². The Hall–Kier alpha value is -1.43. The van der Waals surface area contributed by atoms with Gasteiger partial charge in [-0.15, -0.1) is 11.3 Å². The second kappa shape index (κ2) is 7.72. The van der Waals surface area contributed by atoms with Crippen LogP contribution in [0.2, 0.25) is 0 Å². The number of morpholine rings is 1. The number of hydrogen-bond acceptors (Lipinski definition) is 3. The number of rotatable bonds is 5. The Bertz CT molecular complexity index is 641. The maximum absolute atomic E-state index is 5.42. The average Bonchev–Trinajstić information content (AvgIpc) is 2.90. The lowest BCUT2D eigenvalue weighted by Gasteiger charge is -2.23. The first-order chi connectivity index (χ1) is 10.8. The highest BCUT2D eigenvalue weighted by atomic mass is 32.1. The van der Waals surface area contributed by atoms with Crippen molar-refractivity contribution < 1.29 is 9.64 Å². The first kappa shape index (κ1) is 15.5. The lowest BCUT2D eigenvalue weighted by molar-refractivity contribution is -0.908. The van der Waals surface area contributed by atoms with Gasteiger partial charge in [0.15, 0.2) is 4.80 Å². The van der Waals surface area contributed by atoms with Crippen LogP contribution in [-0.2, 0) is 11.3 Å². The van der Waals surface area contributed by atoms with Crippen LogP contribution in [0.1, 0.15) is 12.1 Å². The van der Waals surface area contributed by atoms with E-state index in [1.165, 1.54) is 18.7 Å². The standard InChI is InChI=1S/C17H23N3OS/c1-15-14-22-17(18-16-6-3-2-4-7-16)20(15)9-5-8-19-10-12-21-13-11-19/h2-4,6-7,14H,5,8-13H2,1H3/p+1. The highest BCUT2D eigenvalue weighted by Crippen LogP contribution is 2.10. The van der Waals surface area contributed by atoms with Crippen molar-refractivity contribution in [3.8, 4) is 0 Å². The van der Waals surface area contributed by atoms with Crippen molar-refractivity contribution in [2.24, 2.45) is 4.99 Å². The molecule has 0 bridgehead atoms. The summed E-state index contributed by atoms with van der Waals surface area (Å²) in [5, 5.41) is 2.20. The normalized spacial score (nSPS) is 17.0. The van der Waals surface area contributed by atoms with E-state index in [1.54, 1.807) is 16.2 Å². The molecular weight excluding hydrogens is 294 g/mol. The number of aryl methyl sites for hydroxylation is 1. The van der Waals surface area contributed by atoms with E-state index in [0.717, 1.165) is 43.3 Å². The van der Waals surface area contributed by atoms with Crippen LogP contribution in [0.15, 0.2) is 40.7 Å². The second-order valence-corrected chi connectivity index (χ2v) is 6.56. The van der Waals surface area contributed by atoms with Gasteiger partial charge in [-0.05, 0) is 19.1 Å². The molecule has 5 heteroatoms. The molecular formula is C17H24N3OS+. The third-order valence-corrected chi connectivity index (χ3v) is 5.07. The Morgan fingerprint density at radius 1 is 1.23 bits per heavy atom. The Kier molecular flexibility index (Phi) is 5.43. The molecule has 1 aromatic heterocycles. The summed E-state index contributed by atoms with van der Waals surface area (Å²) in [6.45, 7) is 8.55. The van der Waals surface area contributed by atoms with Crippen LogP contribution in [0, 0.1) is 6.92 Å². The molecule has 0 radical (unpaired) electrons. The van der Waals surface area contributed by atoms with Crippen molar-refractivity contribution in [1.82, 2.24) is 4.57 Å². The summed E-state index contributed by atoms with van der Waals surface area (Å²) < 4.78 is 7.76. The lowest BCUT2D eigenvalue weighted by Crippen LogP contribution is -3.14. The molecule has 0 spiro atoms. The van der Waals surface area contributed by atoms with Crippen molar-refractivity contribution in [3.63, 3.8) is 0 Å². The van der Waals surface area contributed by atoms with E-state index in [2.05, 4.69) is 29.0 Å². The molecule has 4 nitrogen and oxygen atoms in total. The molecule has 0 amide bonds. The summed E-state index contributed by atoms with van der Waals surface area (Å²) in [5.74, 6) is 0. The number of quaternary nitrogens is 1. The Morgan fingerprint density at radius 2 is 2.00 bits per heavy atom. The minimum absolute atomic E-state index is 0.911. The van der Waals surface area contributed by atoms with Gasteiger partial charge in [-0.25, -0.2) is 4.99 Å². The Morgan fingerprint density at radius 3 is 2.77 bits per heavy atom. The number of thiazole rings is 1. The molecule has 1 aromatic carbocycles. The van der Waals surface area contributed by atoms with Gasteiger partial charge in [0, 0.05) is 24.0 Å². The number of ether oxygens (including phenoxy) is 1. The minimum Gasteiger partial charge on any atom is -0.370 e. The summed E-state index contributed by atoms with van der Waals surface area (Å²) in [7, 11) is 0. The van der Waals surface area contributed by atoms with Gasteiger partial charge in [-0.3, -0.25) is 0 Å². The number of aromatic nitrogens is 1. The summed E-state index contributed by atoms with van der Waals surface area (Å²) in [4.78, 5) is 7.55. The van der Waals surface area contributed by atoms with E-state index in [-0.39, 0.29) is 0 Å². The fourth-order valence-electron chi connectivity index (χ4n) is 2.79. The number of hydrogen-bond donors (Lipinski definition) is 1. The van der Waals surface area contributed by atoms with Gasteiger partial charge in [0.05, 0.1) is 25.4 Å². The molecule has 1 saturated heterocycles. The third-order valence-electron chi connectivity index (χ3n) is 4.08. The fraction of sp³-hybridized carbons (Fsp3) is 0.471. The Balaban J connectivity index is 1.66. The lowest BCUT2D eigenvalue weighted by atomic mass is 10.3. The van der Waals surface area contributed by atoms with E-state index in [0.29, 0.717) is 0 Å². The van der Waals surface area contributed by atoms with Gasteiger partial charge < -0.3 is 14.2 Å². The first-order valence-electron chi connectivity index (χ1n) is 7.99. The molecule has 118 valence electrons. The number of nitrogens with one attached hydrogen (secondary N) is 1. The van der Waals surface area contributed by atoms with Gasteiger partial charge in [-0.2, -0.15) is 0 Å². The molecule has 1 fully saturated rings. The van der Waals surface area contributed by atoms with E-state index < -0.39 is 0 Å². The topological polar surface area (TPSA) is 31.0 Å². The predicted molar refractivity (Wildman–Crippen MR) is 89.7 cm³/mol. The second-order valence-electron chi connectivity index (χ2n) is 5.72. The van der Waals surface area contributed by atoms with Crippen molar-refractivity contribution in [3.05, 3.63) is 46.2 Å². The van der Waals surface area contributed by atoms with Crippen molar-refractivity contribution >= 4 is 17.0 Å². The molecule has 1 aliphatic heterocycles. The van der Waals surface area contributed by atoms with Gasteiger partial charge in [0.25, 0.3) is 0 Å². The minimum atomic E-state index is 0.911. The van der Waals surface area contributed by atoms with Gasteiger partial charge in [-0.1, -0.05) is 18.2 Å². The number of nitrogens with zero attached hydrogens (tertiary/aromatic N) is 2. The van der Waals surface area contributed by atoms with E-state index in [1.807, 2.05) is 18.2 Å². The summed E-state index contributed by atoms with van der Waals surface area (Å²) in [5.41, 5.74) is 2.33. The molecule has 2 aromatic rings. The molecule has 2 heterocycles. The molecule has 1 aliphatic rings. The zero-order valence-corrected chi connectivity index (χ0v) is 13.9. The van der Waals surface area contributed by atoms with Crippen LogP contribution in [-0.4, -0.2) is 37.4 Å². The number of para-hydroxylation sites is 1. The largest absolute Gasteiger partial charge is 0.370 e. The molecule has 0 saturated carbocycles. The van der Waals surface area contributed by atoms with E-state index in [9.17, 15) is 0 Å². The van der Waals surface area contributed by atoms with E-state index in [4.69, 9.17) is 9.73 Å². The van der Waals surface area contributed by atoms with Crippen LogP contribution < -0.4 is 9.70 Å². The summed E-state index contributed by atoms with van der Waals surface area (Å²) in [6, 6.07) is 10.2. The van der Waals surface area contributed by atoms with Crippen molar-refractivity contribution in [2.45, 2.75) is 19.9 Å². The molecule has 0 atom stereocenters. The van der Waals surface area contributed by atoms with Crippen molar-refractivity contribution in [1.29, 1.82) is 0 Å². The summed E-state index contributed by atoms with van der Waals surface area (Å²) >= 11 is 1.73. The smallest absolute Gasteiger partial charge is 0.190 e. The zero-order valence-electron chi connectivity index (χ0n) is 13.1. The van der Waals surface area contributed by atoms with Gasteiger partial charge in [0.1, 0.15) is 13.1 Å². The molecule has 22 heavy (non-hydrogen) atoms. The quantitative estimate of drug-likeness (QED) is 0.887. The maximum Gasteiger partial charge on any atom is 0.190 e. The van der Waals surface area contributed by atoms with Crippen LogP contribution >= 0.6 is 11.3 Å². The fourth-order valence-corrected chi connectivity index (χ4v) is 3.71. The monoisotopic (exact) mass is 318 g/mol. The first-order valence-corrected chi connectivity index (χ1v) is 8.87. The molecule has 0 unspecified atom stereocenters. The Labute approximate surface area is 135 Å².